The second-order valence-corrected chi connectivity index (χ2v) is 7.01. The molecule has 0 atom stereocenters. The van der Waals surface area contributed by atoms with E-state index in [1.54, 1.807) is 36.5 Å². The first-order chi connectivity index (χ1) is 15.5. The molecule has 1 heterocycles. The summed E-state index contributed by atoms with van der Waals surface area (Å²) in [4.78, 5) is 42.7. The number of halogens is 3. The van der Waals surface area contributed by atoms with Gasteiger partial charge in [0, 0.05) is 0 Å². The molecule has 8 nitrogen and oxygen atoms in total. The lowest BCUT2D eigenvalue weighted by atomic mass is 10.1. The molecule has 33 heavy (non-hydrogen) atoms. The minimum atomic E-state index is -5.11. The van der Waals surface area contributed by atoms with Crippen molar-refractivity contribution >= 4 is 23.0 Å². The Morgan fingerprint density at radius 2 is 1.76 bits per heavy atom. The van der Waals surface area contributed by atoms with E-state index in [0.29, 0.717) is 0 Å². The van der Waals surface area contributed by atoms with E-state index in [9.17, 15) is 32.7 Å². The van der Waals surface area contributed by atoms with E-state index < -0.39 is 29.2 Å². The molecule has 1 amide bonds. The van der Waals surface area contributed by atoms with Gasteiger partial charge >= 0.3 is 17.8 Å². The molecular weight excluding hydrogens is 441 g/mol. The van der Waals surface area contributed by atoms with Crippen LogP contribution < -0.4 is 16.6 Å². The van der Waals surface area contributed by atoms with Crippen LogP contribution in [-0.4, -0.2) is 32.5 Å². The number of aromatic nitrogens is 2. The van der Waals surface area contributed by atoms with Crippen LogP contribution in [0.15, 0.2) is 63.1 Å². The highest BCUT2D eigenvalue weighted by atomic mass is 19.4. The second-order valence-electron chi connectivity index (χ2n) is 7.01. The Bertz CT molecular complexity index is 1340. The van der Waals surface area contributed by atoms with Crippen LogP contribution in [0.4, 0.5) is 24.5 Å². The molecule has 0 bridgehead atoms. The van der Waals surface area contributed by atoms with Crippen molar-refractivity contribution in [2.45, 2.75) is 26.4 Å². The van der Waals surface area contributed by atoms with Gasteiger partial charge in [-0.2, -0.15) is 13.2 Å². The Labute approximate surface area is 185 Å². The zero-order valence-corrected chi connectivity index (χ0v) is 17.5. The van der Waals surface area contributed by atoms with Crippen LogP contribution in [-0.2, 0) is 4.79 Å². The highest BCUT2D eigenvalue weighted by Crippen LogP contribution is 2.29. The highest BCUT2D eigenvalue weighted by molar-refractivity contribution is 6.05. The molecule has 0 radical (unpaired) electrons. The Kier molecular flexibility index (Phi) is 6.52. The third kappa shape index (κ3) is 5.03. The molecule has 0 aliphatic heterocycles. The van der Waals surface area contributed by atoms with Crippen LogP contribution in [0.3, 0.4) is 0 Å². The quantitative estimate of drug-likeness (QED) is 0.505. The SMILES string of the molecule is CCC(=Nc1ccccc1NC(=O)C(F)(F)F)c1c(O)n(-c2ccc(C)cc2)c(=O)[nH]c1=O. The molecule has 3 rings (SSSR count). The minimum absolute atomic E-state index is 0.0108. The molecule has 3 aromatic rings. The molecule has 0 saturated carbocycles. The number of hydrogen-bond donors (Lipinski definition) is 3. The predicted octanol–water partition coefficient (Wildman–Crippen LogP) is 3.57. The maximum atomic E-state index is 12.7. The number of aliphatic imine (C=N–C) groups is 1. The van der Waals surface area contributed by atoms with Crippen LogP contribution in [0, 0.1) is 6.92 Å². The number of carbonyl (C=O) groups excluding carboxylic acids is 1. The molecular formula is C22H19F3N4O4. The van der Waals surface area contributed by atoms with Crippen LogP contribution in [0.5, 0.6) is 5.88 Å². The van der Waals surface area contributed by atoms with Crippen molar-refractivity contribution in [1.29, 1.82) is 0 Å². The van der Waals surface area contributed by atoms with Crippen LogP contribution >= 0.6 is 0 Å². The van der Waals surface area contributed by atoms with E-state index in [2.05, 4.69) is 9.98 Å². The molecule has 0 aliphatic rings. The normalized spacial score (nSPS) is 12.0. The van der Waals surface area contributed by atoms with Gasteiger partial charge in [-0.25, -0.2) is 9.36 Å². The largest absolute Gasteiger partial charge is 0.493 e. The number of aromatic amines is 1. The first-order valence-corrected chi connectivity index (χ1v) is 9.73. The van der Waals surface area contributed by atoms with Crippen LogP contribution in [0.1, 0.15) is 24.5 Å². The number of para-hydroxylation sites is 2. The number of hydrogen-bond acceptors (Lipinski definition) is 5. The van der Waals surface area contributed by atoms with Gasteiger partial charge in [0.15, 0.2) is 0 Å². The summed E-state index contributed by atoms with van der Waals surface area (Å²) in [5.74, 6) is -2.86. The third-order valence-electron chi connectivity index (χ3n) is 4.67. The van der Waals surface area contributed by atoms with Gasteiger partial charge in [0.2, 0.25) is 5.88 Å². The van der Waals surface area contributed by atoms with Crippen LogP contribution in [0.25, 0.3) is 5.69 Å². The molecule has 0 spiro atoms. The van der Waals surface area contributed by atoms with Gasteiger partial charge in [-0.3, -0.25) is 19.6 Å². The third-order valence-corrected chi connectivity index (χ3v) is 4.67. The van der Waals surface area contributed by atoms with E-state index >= 15 is 0 Å². The molecule has 2 aromatic carbocycles. The van der Waals surface area contributed by atoms with Crippen molar-refractivity contribution in [3.8, 4) is 11.6 Å². The van der Waals surface area contributed by atoms with E-state index in [1.807, 2.05) is 6.92 Å². The van der Waals surface area contributed by atoms with Crippen molar-refractivity contribution in [1.82, 2.24) is 9.55 Å². The molecule has 1 aromatic heterocycles. The van der Waals surface area contributed by atoms with Gasteiger partial charge in [-0.1, -0.05) is 36.8 Å². The molecule has 0 saturated heterocycles. The number of rotatable bonds is 5. The summed E-state index contributed by atoms with van der Waals surface area (Å²) in [5.41, 5.74) is -1.25. The van der Waals surface area contributed by atoms with E-state index in [4.69, 9.17) is 0 Å². The molecule has 3 N–H and O–H groups in total. The number of nitrogens with zero attached hydrogens (tertiary/aromatic N) is 2. The number of benzene rings is 2. The fourth-order valence-corrected chi connectivity index (χ4v) is 3.05. The maximum Gasteiger partial charge on any atom is 0.471 e. The van der Waals surface area contributed by atoms with Gasteiger partial charge in [0.25, 0.3) is 5.56 Å². The van der Waals surface area contributed by atoms with Gasteiger partial charge in [-0.15, -0.1) is 0 Å². The number of alkyl halides is 3. The summed E-state index contributed by atoms with van der Waals surface area (Å²) >= 11 is 0. The lowest BCUT2D eigenvalue weighted by Gasteiger charge is -2.14. The second kappa shape index (κ2) is 9.15. The molecule has 0 unspecified atom stereocenters. The average Bonchev–Trinajstić information content (AvgIpc) is 2.74. The lowest BCUT2D eigenvalue weighted by molar-refractivity contribution is -0.167. The predicted molar refractivity (Wildman–Crippen MR) is 117 cm³/mol. The number of anilines is 1. The Morgan fingerprint density at radius 1 is 1.12 bits per heavy atom. The fourth-order valence-electron chi connectivity index (χ4n) is 3.05. The van der Waals surface area contributed by atoms with E-state index in [1.165, 1.54) is 24.3 Å². The number of aromatic hydroxyl groups is 1. The van der Waals surface area contributed by atoms with Gasteiger partial charge < -0.3 is 10.4 Å². The lowest BCUT2D eigenvalue weighted by Crippen LogP contribution is -2.33. The molecule has 172 valence electrons. The maximum absolute atomic E-state index is 12.7. The summed E-state index contributed by atoms with van der Waals surface area (Å²) in [6.45, 7) is 3.44. The first kappa shape index (κ1) is 23.5. The summed E-state index contributed by atoms with van der Waals surface area (Å²) in [5, 5.41) is 12.6. The zero-order chi connectivity index (χ0) is 24.3. The van der Waals surface area contributed by atoms with Crippen molar-refractivity contribution in [3.63, 3.8) is 0 Å². The number of nitrogens with one attached hydrogen (secondary N) is 2. The Balaban J connectivity index is 2.16. The molecule has 0 aliphatic carbocycles. The molecule has 0 fully saturated rings. The summed E-state index contributed by atoms with van der Waals surface area (Å²) < 4.78 is 38.9. The number of aryl methyl sites for hydroxylation is 1. The highest BCUT2D eigenvalue weighted by Gasteiger charge is 2.39. The molecule has 11 heteroatoms. The topological polar surface area (TPSA) is 117 Å². The number of carbonyl (C=O) groups is 1. The zero-order valence-electron chi connectivity index (χ0n) is 17.5. The Hall–Kier alpha value is -4.15. The standard InChI is InChI=1S/C22H19F3N4O4/c1-3-14(26-15-6-4-5-7-16(15)27-20(32)22(23,24)25)17-18(30)28-21(33)29(19(17)31)13-10-8-12(2)9-11-13/h4-11,31H,3H2,1-2H3,(H,27,32)(H,28,30,33). The van der Waals surface area contributed by atoms with Crippen molar-refractivity contribution in [2.75, 3.05) is 5.32 Å². The van der Waals surface area contributed by atoms with Crippen molar-refractivity contribution in [3.05, 3.63) is 80.5 Å². The smallest absolute Gasteiger partial charge is 0.471 e. The average molecular weight is 460 g/mol. The monoisotopic (exact) mass is 460 g/mol. The fraction of sp³-hybridized carbons (Fsp3) is 0.182. The van der Waals surface area contributed by atoms with Crippen molar-refractivity contribution < 1.29 is 23.1 Å². The summed E-state index contributed by atoms with van der Waals surface area (Å²) in [6, 6.07) is 12.0. The number of H-pyrrole nitrogens is 1. The Morgan fingerprint density at radius 3 is 2.36 bits per heavy atom. The van der Waals surface area contributed by atoms with E-state index in [-0.39, 0.29) is 34.8 Å². The number of amides is 1. The van der Waals surface area contributed by atoms with Gasteiger partial charge in [-0.05, 0) is 37.6 Å². The van der Waals surface area contributed by atoms with Crippen molar-refractivity contribution in [2.24, 2.45) is 4.99 Å². The minimum Gasteiger partial charge on any atom is -0.493 e. The van der Waals surface area contributed by atoms with Crippen LogP contribution in [0.2, 0.25) is 0 Å². The summed E-state index contributed by atoms with van der Waals surface area (Å²) in [7, 11) is 0. The van der Waals surface area contributed by atoms with Gasteiger partial charge in [0.05, 0.1) is 22.8 Å². The first-order valence-electron chi connectivity index (χ1n) is 9.73. The van der Waals surface area contributed by atoms with Gasteiger partial charge in [0.1, 0.15) is 5.56 Å². The van der Waals surface area contributed by atoms with E-state index in [0.717, 1.165) is 10.1 Å². The summed E-state index contributed by atoms with van der Waals surface area (Å²) in [6.07, 6.45) is -5.03.